The summed E-state index contributed by atoms with van der Waals surface area (Å²) >= 11 is 8.67. The van der Waals surface area contributed by atoms with E-state index in [1.54, 1.807) is 36.4 Å². The maximum Gasteiger partial charge on any atom is 0.270 e. The normalized spacial score (nSPS) is 16.5. The molecule has 0 aromatic heterocycles. The van der Waals surface area contributed by atoms with Crippen LogP contribution in [-0.2, 0) is 16.2 Å². The Morgan fingerprint density at radius 3 is 2.46 bits per heavy atom. The molecule has 2 aliphatic rings. The topological polar surface area (TPSA) is 88.2 Å². The van der Waals surface area contributed by atoms with E-state index in [9.17, 15) is 14.4 Å². The van der Waals surface area contributed by atoms with E-state index in [0.29, 0.717) is 28.3 Å². The second kappa shape index (κ2) is 12.7. The predicted molar refractivity (Wildman–Crippen MR) is 164 cm³/mol. The molecule has 1 N–H and O–H groups in total. The molecule has 0 aliphatic carbocycles. The standard InChI is InChI=1S/C31H28BrN3O5S/c1-39-27-17-21(16-25-28(36)33-31(41)35(30(25)38)24-7-5-6-23(32)18-24)10-13-26(27)40-19-20-8-11-22(12-9-20)29(37)34-14-3-2-4-15-34/h5-13,16-18H,2-4,14-15,19H2,1H3,(H,33,36,41)/b25-16+. The zero-order valence-corrected chi connectivity index (χ0v) is 24.8. The summed E-state index contributed by atoms with van der Waals surface area (Å²) < 4.78 is 12.3. The number of benzene rings is 3. The number of nitrogens with zero attached hydrogens (tertiary/aromatic N) is 2. The molecule has 5 rings (SSSR count). The first-order chi connectivity index (χ1) is 19.8. The van der Waals surface area contributed by atoms with E-state index in [0.717, 1.165) is 36.0 Å². The van der Waals surface area contributed by atoms with Crippen molar-refractivity contribution in [2.45, 2.75) is 25.9 Å². The Morgan fingerprint density at radius 2 is 1.76 bits per heavy atom. The van der Waals surface area contributed by atoms with Gasteiger partial charge in [-0.05, 0) is 91.1 Å². The summed E-state index contributed by atoms with van der Waals surface area (Å²) in [4.78, 5) is 41.9. The molecule has 8 nitrogen and oxygen atoms in total. The van der Waals surface area contributed by atoms with Crippen LogP contribution >= 0.6 is 28.1 Å². The quantitative estimate of drug-likeness (QED) is 0.210. The Hall–Kier alpha value is -4.02. The number of halogens is 1. The van der Waals surface area contributed by atoms with Crippen molar-refractivity contribution in [2.24, 2.45) is 0 Å². The Labute approximate surface area is 252 Å². The molecule has 2 heterocycles. The molecule has 3 aromatic rings. The van der Waals surface area contributed by atoms with Crippen LogP contribution < -0.4 is 19.7 Å². The molecule has 0 unspecified atom stereocenters. The number of amides is 3. The van der Waals surface area contributed by atoms with E-state index < -0.39 is 11.8 Å². The first-order valence-corrected chi connectivity index (χ1v) is 14.4. The first-order valence-electron chi connectivity index (χ1n) is 13.2. The van der Waals surface area contributed by atoms with Crippen LogP contribution in [0.5, 0.6) is 11.5 Å². The van der Waals surface area contributed by atoms with E-state index in [-0.39, 0.29) is 23.2 Å². The summed E-state index contributed by atoms with van der Waals surface area (Å²) in [6.45, 7) is 1.90. The van der Waals surface area contributed by atoms with Gasteiger partial charge in [0, 0.05) is 23.1 Å². The van der Waals surface area contributed by atoms with Crippen LogP contribution in [-0.4, -0.2) is 47.9 Å². The van der Waals surface area contributed by atoms with Crippen LogP contribution in [0, 0.1) is 0 Å². The van der Waals surface area contributed by atoms with Gasteiger partial charge in [0.05, 0.1) is 12.8 Å². The SMILES string of the molecule is COc1cc(/C=C2\C(=O)NC(=S)N(c3cccc(Br)c3)C2=O)ccc1OCc1ccc(C(=O)N2CCCCC2)cc1. The van der Waals surface area contributed by atoms with Gasteiger partial charge in [-0.15, -0.1) is 0 Å². The number of nitrogens with one attached hydrogen (secondary N) is 1. The van der Waals surface area contributed by atoms with Crippen molar-refractivity contribution in [3.05, 3.63) is 93.5 Å². The summed E-state index contributed by atoms with van der Waals surface area (Å²) in [6, 6.07) is 19.7. The van der Waals surface area contributed by atoms with Gasteiger partial charge < -0.3 is 14.4 Å². The highest BCUT2D eigenvalue weighted by Crippen LogP contribution is 2.31. The highest BCUT2D eigenvalue weighted by atomic mass is 79.9. The third-order valence-corrected chi connectivity index (χ3v) is 7.68. The Balaban J connectivity index is 1.29. The lowest BCUT2D eigenvalue weighted by Crippen LogP contribution is -2.54. The molecule has 3 aromatic carbocycles. The van der Waals surface area contributed by atoms with Crippen LogP contribution in [0.2, 0.25) is 0 Å². The van der Waals surface area contributed by atoms with Crippen molar-refractivity contribution in [2.75, 3.05) is 25.1 Å². The van der Waals surface area contributed by atoms with Gasteiger partial charge in [0.15, 0.2) is 16.6 Å². The summed E-state index contributed by atoms with van der Waals surface area (Å²) in [6.07, 6.45) is 4.78. The number of hydrogen-bond acceptors (Lipinski definition) is 6. The monoisotopic (exact) mass is 633 g/mol. The number of anilines is 1. The lowest BCUT2D eigenvalue weighted by atomic mass is 10.1. The van der Waals surface area contributed by atoms with Crippen molar-refractivity contribution in [3.8, 4) is 11.5 Å². The molecule has 3 amide bonds. The molecule has 0 atom stereocenters. The second-order valence-corrected chi connectivity index (χ2v) is 11.0. The number of carbonyl (C=O) groups excluding carboxylic acids is 3. The number of carbonyl (C=O) groups is 3. The van der Waals surface area contributed by atoms with Crippen LogP contribution in [0.15, 0.2) is 76.8 Å². The summed E-state index contributed by atoms with van der Waals surface area (Å²) in [5.74, 6) is -0.0971. The van der Waals surface area contributed by atoms with Crippen molar-refractivity contribution >= 4 is 62.7 Å². The minimum Gasteiger partial charge on any atom is -0.493 e. The Morgan fingerprint density at radius 1 is 1.00 bits per heavy atom. The average molecular weight is 635 g/mol. The third kappa shape index (κ3) is 6.49. The number of thiocarbonyl (C=S) groups is 1. The van der Waals surface area contributed by atoms with Gasteiger partial charge >= 0.3 is 0 Å². The highest BCUT2D eigenvalue weighted by molar-refractivity contribution is 9.10. The lowest BCUT2D eigenvalue weighted by molar-refractivity contribution is -0.122. The van der Waals surface area contributed by atoms with Crippen molar-refractivity contribution < 1.29 is 23.9 Å². The molecule has 2 aliphatic heterocycles. The Bertz CT molecular complexity index is 1530. The fraction of sp³-hybridized carbons (Fsp3) is 0.226. The van der Waals surface area contributed by atoms with E-state index in [1.807, 2.05) is 35.2 Å². The first kappa shape index (κ1) is 28.5. The van der Waals surface area contributed by atoms with Crippen LogP contribution in [0.4, 0.5) is 5.69 Å². The molecule has 2 saturated heterocycles. The molecule has 0 spiro atoms. The van der Waals surface area contributed by atoms with Crippen LogP contribution in [0.3, 0.4) is 0 Å². The molecular formula is C31H28BrN3O5S. The molecular weight excluding hydrogens is 606 g/mol. The molecule has 10 heteroatoms. The molecule has 0 saturated carbocycles. The zero-order valence-electron chi connectivity index (χ0n) is 22.4. The number of likely N-dealkylation sites (tertiary alicyclic amines) is 1. The van der Waals surface area contributed by atoms with Crippen LogP contribution in [0.25, 0.3) is 6.08 Å². The van der Waals surface area contributed by atoms with E-state index in [4.69, 9.17) is 21.7 Å². The number of hydrogen-bond donors (Lipinski definition) is 1. The minimum absolute atomic E-state index is 0.0143. The van der Waals surface area contributed by atoms with Gasteiger partial charge in [0.1, 0.15) is 12.2 Å². The third-order valence-electron chi connectivity index (χ3n) is 6.91. The van der Waals surface area contributed by atoms with E-state index in [2.05, 4.69) is 21.2 Å². The van der Waals surface area contributed by atoms with Crippen molar-refractivity contribution in [1.82, 2.24) is 10.2 Å². The van der Waals surface area contributed by atoms with Gasteiger partial charge in [-0.1, -0.05) is 40.2 Å². The van der Waals surface area contributed by atoms with E-state index in [1.165, 1.54) is 24.5 Å². The summed E-state index contributed by atoms with van der Waals surface area (Å²) in [5.41, 5.74) is 2.63. The Kier molecular flexibility index (Phi) is 8.80. The van der Waals surface area contributed by atoms with Crippen molar-refractivity contribution in [1.29, 1.82) is 0 Å². The number of piperidine rings is 1. The molecule has 0 bridgehead atoms. The number of methoxy groups -OCH3 is 1. The molecule has 2 fully saturated rings. The van der Waals surface area contributed by atoms with Gasteiger partial charge in [0.25, 0.3) is 17.7 Å². The second-order valence-electron chi connectivity index (χ2n) is 9.69. The largest absolute Gasteiger partial charge is 0.493 e. The number of ether oxygens (including phenoxy) is 2. The smallest absolute Gasteiger partial charge is 0.270 e. The summed E-state index contributed by atoms with van der Waals surface area (Å²) in [7, 11) is 1.52. The average Bonchev–Trinajstić information content (AvgIpc) is 2.98. The summed E-state index contributed by atoms with van der Waals surface area (Å²) in [5, 5.41) is 2.60. The van der Waals surface area contributed by atoms with Gasteiger partial charge in [-0.2, -0.15) is 0 Å². The lowest BCUT2D eigenvalue weighted by Gasteiger charge is -2.29. The fourth-order valence-corrected chi connectivity index (χ4v) is 5.42. The maximum absolute atomic E-state index is 13.3. The molecule has 210 valence electrons. The number of rotatable bonds is 7. The minimum atomic E-state index is -0.576. The van der Waals surface area contributed by atoms with Crippen molar-refractivity contribution in [3.63, 3.8) is 0 Å². The predicted octanol–water partition coefficient (Wildman–Crippen LogP) is 5.49. The van der Waals surface area contributed by atoms with Gasteiger partial charge in [0.2, 0.25) is 0 Å². The van der Waals surface area contributed by atoms with Gasteiger partial charge in [-0.25, -0.2) is 0 Å². The molecule has 41 heavy (non-hydrogen) atoms. The van der Waals surface area contributed by atoms with E-state index >= 15 is 0 Å². The van der Waals surface area contributed by atoms with Crippen LogP contribution in [0.1, 0.15) is 40.7 Å². The molecule has 0 radical (unpaired) electrons. The fourth-order valence-electron chi connectivity index (χ4n) is 4.75. The van der Waals surface area contributed by atoms with Gasteiger partial charge in [-0.3, -0.25) is 24.6 Å². The maximum atomic E-state index is 13.3. The zero-order chi connectivity index (χ0) is 28.9. The highest BCUT2D eigenvalue weighted by Gasteiger charge is 2.34.